The summed E-state index contributed by atoms with van der Waals surface area (Å²) < 4.78 is 5.76. The van der Waals surface area contributed by atoms with E-state index in [9.17, 15) is 4.79 Å². The summed E-state index contributed by atoms with van der Waals surface area (Å²) in [6.45, 7) is 4.01. The molecule has 1 fully saturated rings. The zero-order valence-corrected chi connectivity index (χ0v) is 13.4. The zero-order chi connectivity index (χ0) is 15.2. The number of halogens is 1. The van der Waals surface area contributed by atoms with Crippen molar-refractivity contribution in [3.8, 4) is 5.75 Å². The van der Waals surface area contributed by atoms with Gasteiger partial charge in [0.25, 0.3) is 5.91 Å². The molecule has 1 aliphatic heterocycles. The monoisotopic (exact) mass is 310 g/mol. The van der Waals surface area contributed by atoms with Crippen LogP contribution in [0.5, 0.6) is 5.75 Å². The fourth-order valence-electron chi connectivity index (χ4n) is 2.45. The first kappa shape index (κ1) is 16.1. The lowest BCUT2D eigenvalue weighted by Gasteiger charge is -2.30. The quantitative estimate of drug-likeness (QED) is 0.909. The fourth-order valence-corrected chi connectivity index (χ4v) is 2.57. The molecule has 0 spiro atoms. The molecule has 1 aliphatic rings. The Morgan fingerprint density at radius 1 is 1.38 bits per heavy atom. The second kappa shape index (κ2) is 7.66. The van der Waals surface area contributed by atoms with Crippen molar-refractivity contribution in [1.82, 2.24) is 10.2 Å². The molecule has 21 heavy (non-hydrogen) atoms. The van der Waals surface area contributed by atoms with Gasteiger partial charge in [-0.15, -0.1) is 0 Å². The van der Waals surface area contributed by atoms with E-state index in [1.807, 2.05) is 6.92 Å². The Balaban J connectivity index is 1.87. The van der Waals surface area contributed by atoms with Crippen LogP contribution in [0.2, 0.25) is 5.02 Å². The summed E-state index contributed by atoms with van der Waals surface area (Å²) in [5.41, 5.74) is 0. The predicted octanol–water partition coefficient (Wildman–Crippen LogP) is 2.71. The van der Waals surface area contributed by atoms with E-state index in [2.05, 4.69) is 17.3 Å². The lowest BCUT2D eigenvalue weighted by Crippen LogP contribution is -2.47. The van der Waals surface area contributed by atoms with Gasteiger partial charge in [-0.1, -0.05) is 18.5 Å². The molecule has 2 rings (SSSR count). The van der Waals surface area contributed by atoms with Gasteiger partial charge >= 0.3 is 0 Å². The molecule has 0 saturated carbocycles. The highest BCUT2D eigenvalue weighted by Gasteiger charge is 2.23. The van der Waals surface area contributed by atoms with E-state index >= 15 is 0 Å². The minimum absolute atomic E-state index is 0.0259. The Bertz CT molecular complexity index is 456. The zero-order valence-electron chi connectivity index (χ0n) is 12.6. The van der Waals surface area contributed by atoms with Gasteiger partial charge in [0.1, 0.15) is 5.75 Å². The standard InChI is InChI=1S/C16H23ClN2O2/c1-3-15(21-14-6-4-12(17)5-7-14)16(20)18-13-8-10-19(2)11-9-13/h4-7,13,15H,3,8-11H2,1-2H3,(H,18,20)/t15-/m0/s1. The van der Waals surface area contributed by atoms with Crippen LogP contribution in [0.4, 0.5) is 0 Å². The number of nitrogens with one attached hydrogen (secondary N) is 1. The summed E-state index contributed by atoms with van der Waals surface area (Å²) >= 11 is 5.85. The fraction of sp³-hybridized carbons (Fsp3) is 0.562. The molecule has 1 heterocycles. The van der Waals surface area contributed by atoms with Gasteiger partial charge in [-0.2, -0.15) is 0 Å². The molecule has 1 atom stereocenters. The average Bonchev–Trinajstić information content (AvgIpc) is 2.49. The highest BCUT2D eigenvalue weighted by Crippen LogP contribution is 2.18. The number of nitrogens with zero attached hydrogens (tertiary/aromatic N) is 1. The molecule has 0 unspecified atom stereocenters. The molecule has 0 radical (unpaired) electrons. The summed E-state index contributed by atoms with van der Waals surface area (Å²) in [5.74, 6) is 0.645. The maximum atomic E-state index is 12.3. The summed E-state index contributed by atoms with van der Waals surface area (Å²) in [4.78, 5) is 14.6. The number of piperidine rings is 1. The molecular weight excluding hydrogens is 288 g/mol. The van der Waals surface area contributed by atoms with Crippen LogP contribution in [0.25, 0.3) is 0 Å². The Hall–Kier alpha value is -1.26. The van der Waals surface area contributed by atoms with Crippen LogP contribution in [0.15, 0.2) is 24.3 Å². The summed E-state index contributed by atoms with van der Waals surface area (Å²) in [6, 6.07) is 7.36. The van der Waals surface area contributed by atoms with E-state index in [1.54, 1.807) is 24.3 Å². The molecule has 1 aromatic rings. The summed E-state index contributed by atoms with van der Waals surface area (Å²) in [5, 5.41) is 3.76. The Morgan fingerprint density at radius 2 is 2.00 bits per heavy atom. The number of amides is 1. The summed E-state index contributed by atoms with van der Waals surface area (Å²) in [7, 11) is 2.11. The molecule has 4 nitrogen and oxygen atoms in total. The van der Waals surface area contributed by atoms with Gasteiger partial charge < -0.3 is 15.0 Å². The number of benzene rings is 1. The van der Waals surface area contributed by atoms with Crippen molar-refractivity contribution < 1.29 is 9.53 Å². The summed E-state index contributed by atoms with van der Waals surface area (Å²) in [6.07, 6.45) is 2.19. The maximum absolute atomic E-state index is 12.3. The number of hydrogen-bond donors (Lipinski definition) is 1. The Labute approximate surface area is 131 Å². The first-order valence-corrected chi connectivity index (χ1v) is 7.87. The minimum atomic E-state index is -0.453. The topological polar surface area (TPSA) is 41.6 Å². The van der Waals surface area contributed by atoms with E-state index in [0.717, 1.165) is 25.9 Å². The van der Waals surface area contributed by atoms with Gasteiger partial charge in [0.15, 0.2) is 6.10 Å². The third-order valence-electron chi connectivity index (χ3n) is 3.82. The van der Waals surface area contributed by atoms with Crippen molar-refractivity contribution >= 4 is 17.5 Å². The smallest absolute Gasteiger partial charge is 0.261 e. The van der Waals surface area contributed by atoms with Gasteiger partial charge in [-0.25, -0.2) is 0 Å². The molecule has 1 amide bonds. The van der Waals surface area contributed by atoms with Gasteiger partial charge in [0.05, 0.1) is 0 Å². The SMILES string of the molecule is CC[C@H](Oc1ccc(Cl)cc1)C(=O)NC1CCN(C)CC1. The normalized spacial score (nSPS) is 18.2. The number of ether oxygens (including phenoxy) is 1. The van der Waals surface area contributed by atoms with Gasteiger partial charge in [0.2, 0.25) is 0 Å². The first-order valence-electron chi connectivity index (χ1n) is 7.49. The number of hydrogen-bond acceptors (Lipinski definition) is 3. The molecule has 5 heteroatoms. The largest absolute Gasteiger partial charge is 0.481 e. The lowest BCUT2D eigenvalue weighted by atomic mass is 10.1. The highest BCUT2D eigenvalue weighted by molar-refractivity contribution is 6.30. The second-order valence-electron chi connectivity index (χ2n) is 5.55. The molecule has 0 bridgehead atoms. The molecule has 1 aromatic carbocycles. The van der Waals surface area contributed by atoms with Gasteiger partial charge in [-0.05, 0) is 63.7 Å². The maximum Gasteiger partial charge on any atom is 0.261 e. The number of rotatable bonds is 5. The number of carbonyl (C=O) groups excluding carboxylic acids is 1. The minimum Gasteiger partial charge on any atom is -0.481 e. The van der Waals surface area contributed by atoms with Crippen molar-refractivity contribution in [2.45, 2.75) is 38.3 Å². The first-order chi connectivity index (χ1) is 10.1. The highest BCUT2D eigenvalue weighted by atomic mass is 35.5. The van der Waals surface area contributed by atoms with E-state index < -0.39 is 6.10 Å². The van der Waals surface area contributed by atoms with E-state index in [4.69, 9.17) is 16.3 Å². The molecule has 0 aromatic heterocycles. The number of likely N-dealkylation sites (tertiary alicyclic amines) is 1. The van der Waals surface area contributed by atoms with Gasteiger partial charge in [0, 0.05) is 11.1 Å². The van der Waals surface area contributed by atoms with Gasteiger partial charge in [-0.3, -0.25) is 4.79 Å². The molecular formula is C16H23ClN2O2. The average molecular weight is 311 g/mol. The Kier molecular flexibility index (Phi) is 5.88. The van der Waals surface area contributed by atoms with E-state index in [1.165, 1.54) is 0 Å². The van der Waals surface area contributed by atoms with Crippen LogP contribution >= 0.6 is 11.6 Å². The molecule has 1 saturated heterocycles. The van der Waals surface area contributed by atoms with Crippen LogP contribution in [0, 0.1) is 0 Å². The van der Waals surface area contributed by atoms with Crippen molar-refractivity contribution in [3.63, 3.8) is 0 Å². The third kappa shape index (κ3) is 4.90. The van der Waals surface area contributed by atoms with Crippen LogP contribution in [0.1, 0.15) is 26.2 Å². The second-order valence-corrected chi connectivity index (χ2v) is 5.99. The predicted molar refractivity (Wildman–Crippen MR) is 84.8 cm³/mol. The van der Waals surface area contributed by atoms with E-state index in [-0.39, 0.29) is 11.9 Å². The lowest BCUT2D eigenvalue weighted by molar-refractivity contribution is -0.129. The van der Waals surface area contributed by atoms with Crippen LogP contribution < -0.4 is 10.1 Å². The van der Waals surface area contributed by atoms with Crippen LogP contribution in [-0.2, 0) is 4.79 Å². The van der Waals surface area contributed by atoms with E-state index in [0.29, 0.717) is 17.2 Å². The third-order valence-corrected chi connectivity index (χ3v) is 4.07. The number of carbonyl (C=O) groups is 1. The molecule has 0 aliphatic carbocycles. The molecule has 116 valence electrons. The van der Waals surface area contributed by atoms with Crippen molar-refractivity contribution in [3.05, 3.63) is 29.3 Å². The molecule has 1 N–H and O–H groups in total. The van der Waals surface area contributed by atoms with Crippen molar-refractivity contribution in [2.24, 2.45) is 0 Å². The Morgan fingerprint density at radius 3 is 2.57 bits per heavy atom. The van der Waals surface area contributed by atoms with Crippen molar-refractivity contribution in [1.29, 1.82) is 0 Å². The van der Waals surface area contributed by atoms with Crippen molar-refractivity contribution in [2.75, 3.05) is 20.1 Å². The van der Waals surface area contributed by atoms with Crippen LogP contribution in [0.3, 0.4) is 0 Å². The van der Waals surface area contributed by atoms with Crippen LogP contribution in [-0.4, -0.2) is 43.1 Å².